The predicted octanol–water partition coefficient (Wildman–Crippen LogP) is 2.58. The molecule has 1 atom stereocenters. The number of benzene rings is 1. The fourth-order valence-corrected chi connectivity index (χ4v) is 2.64. The maximum atomic E-state index is 12.2. The van der Waals surface area contributed by atoms with E-state index >= 15 is 0 Å². The van der Waals surface area contributed by atoms with Crippen LogP contribution in [0.3, 0.4) is 0 Å². The Hall–Kier alpha value is -2.21. The molecule has 0 saturated carbocycles. The maximum absolute atomic E-state index is 12.2. The molecule has 0 saturated heterocycles. The smallest absolute Gasteiger partial charge is 0.244 e. The van der Waals surface area contributed by atoms with Gasteiger partial charge in [0.05, 0.1) is 18.2 Å². The van der Waals surface area contributed by atoms with Crippen LogP contribution >= 0.6 is 11.6 Å². The monoisotopic (exact) mass is 335 g/mol. The molecule has 23 heavy (non-hydrogen) atoms. The number of nitrogens with one attached hydrogen (secondary N) is 1. The Morgan fingerprint density at radius 1 is 1.43 bits per heavy atom. The molecule has 0 bridgehead atoms. The number of carbonyl (C=O) groups excluding carboxylic acids is 1. The molecule has 1 aromatic carbocycles. The molecule has 1 N–H and O–H groups in total. The normalized spacial score (nSPS) is 14.9. The summed E-state index contributed by atoms with van der Waals surface area (Å²) in [4.78, 5) is 12.2. The quantitative estimate of drug-likeness (QED) is 0.932. The molecule has 1 aliphatic rings. The van der Waals surface area contributed by atoms with Gasteiger partial charge in [-0.15, -0.1) is 0 Å². The van der Waals surface area contributed by atoms with Crippen molar-refractivity contribution >= 4 is 17.5 Å². The van der Waals surface area contributed by atoms with Crippen molar-refractivity contribution in [3.05, 3.63) is 41.2 Å². The summed E-state index contributed by atoms with van der Waals surface area (Å²) in [5, 5.41) is 7.45. The molecule has 2 aromatic rings. The highest BCUT2D eigenvalue weighted by atomic mass is 35.5. The summed E-state index contributed by atoms with van der Waals surface area (Å²) in [6.45, 7) is 3.34. The number of hydrogen-bond donors (Lipinski definition) is 1. The summed E-state index contributed by atoms with van der Waals surface area (Å²) >= 11 is 6.25. The van der Waals surface area contributed by atoms with E-state index in [1.807, 2.05) is 6.07 Å². The van der Waals surface area contributed by atoms with E-state index < -0.39 is 0 Å². The molecule has 1 aliphatic heterocycles. The molecule has 1 amide bonds. The van der Waals surface area contributed by atoms with Crippen molar-refractivity contribution in [1.82, 2.24) is 15.1 Å². The van der Waals surface area contributed by atoms with Crippen LogP contribution in [-0.4, -0.2) is 28.9 Å². The minimum absolute atomic E-state index is 0.114. The van der Waals surface area contributed by atoms with Crippen LogP contribution in [0.2, 0.25) is 5.02 Å². The zero-order valence-corrected chi connectivity index (χ0v) is 13.5. The molecule has 0 spiro atoms. The third-order valence-electron chi connectivity index (χ3n) is 3.63. The van der Waals surface area contributed by atoms with Crippen LogP contribution in [0.1, 0.15) is 24.9 Å². The zero-order valence-electron chi connectivity index (χ0n) is 12.8. The molecule has 0 radical (unpaired) electrons. The number of ether oxygens (including phenoxy) is 2. The van der Waals surface area contributed by atoms with E-state index in [0.29, 0.717) is 36.3 Å². The third kappa shape index (κ3) is 3.59. The van der Waals surface area contributed by atoms with Crippen LogP contribution in [0.4, 0.5) is 0 Å². The van der Waals surface area contributed by atoms with Crippen molar-refractivity contribution in [2.24, 2.45) is 0 Å². The third-order valence-corrected chi connectivity index (χ3v) is 3.91. The first-order valence-corrected chi connectivity index (χ1v) is 7.88. The van der Waals surface area contributed by atoms with Crippen LogP contribution in [0.5, 0.6) is 11.5 Å². The highest BCUT2D eigenvalue weighted by molar-refractivity contribution is 6.32. The summed E-state index contributed by atoms with van der Waals surface area (Å²) in [7, 11) is 0. The fraction of sp³-hybridized carbons (Fsp3) is 0.375. The van der Waals surface area contributed by atoms with E-state index in [9.17, 15) is 4.79 Å². The lowest BCUT2D eigenvalue weighted by molar-refractivity contribution is -0.124. The van der Waals surface area contributed by atoms with Gasteiger partial charge in [0.1, 0.15) is 6.04 Å². The maximum Gasteiger partial charge on any atom is 0.244 e. The fourth-order valence-electron chi connectivity index (χ4n) is 2.35. The number of hydrogen-bond acceptors (Lipinski definition) is 4. The van der Waals surface area contributed by atoms with Crippen molar-refractivity contribution in [1.29, 1.82) is 0 Å². The van der Waals surface area contributed by atoms with E-state index in [1.54, 1.807) is 36.1 Å². The second-order valence-electron chi connectivity index (χ2n) is 5.34. The number of nitrogens with zero attached hydrogens (tertiary/aromatic N) is 2. The van der Waals surface area contributed by atoms with Crippen LogP contribution < -0.4 is 14.8 Å². The van der Waals surface area contributed by atoms with Gasteiger partial charge in [0.2, 0.25) is 5.91 Å². The molecule has 122 valence electrons. The highest BCUT2D eigenvalue weighted by Gasteiger charge is 2.17. The molecular formula is C16H18ClN3O3. The van der Waals surface area contributed by atoms with Crippen LogP contribution in [0.25, 0.3) is 0 Å². The molecule has 7 heteroatoms. The Morgan fingerprint density at radius 2 is 2.26 bits per heavy atom. The Kier molecular flexibility index (Phi) is 4.71. The summed E-state index contributed by atoms with van der Waals surface area (Å²) in [5.74, 6) is 1.08. The van der Waals surface area contributed by atoms with Crippen LogP contribution in [0.15, 0.2) is 30.6 Å². The summed E-state index contributed by atoms with van der Waals surface area (Å²) in [6, 6.07) is 5.05. The first kappa shape index (κ1) is 15.7. The van der Waals surface area contributed by atoms with E-state index in [0.717, 1.165) is 12.0 Å². The molecule has 2 heterocycles. The first-order valence-electron chi connectivity index (χ1n) is 7.50. The first-order chi connectivity index (χ1) is 11.1. The molecular weight excluding hydrogens is 318 g/mol. The van der Waals surface area contributed by atoms with Crippen molar-refractivity contribution in [2.75, 3.05) is 13.2 Å². The van der Waals surface area contributed by atoms with E-state index in [1.165, 1.54) is 0 Å². The summed E-state index contributed by atoms with van der Waals surface area (Å²) in [6.07, 6.45) is 4.22. The molecule has 0 fully saturated rings. The van der Waals surface area contributed by atoms with Gasteiger partial charge < -0.3 is 14.8 Å². The van der Waals surface area contributed by atoms with Crippen LogP contribution in [0, 0.1) is 0 Å². The Bertz CT molecular complexity index is 688. The lowest BCUT2D eigenvalue weighted by atomic mass is 10.2. The number of fused-ring (bicyclic) bond motifs is 1. The standard InChI is InChI=1S/C16H18ClN3O3/c1-11(20-5-2-4-19-20)16(21)18-10-12-8-13(17)15-14(9-12)22-6-3-7-23-15/h2,4-5,8-9,11H,3,6-7,10H2,1H3,(H,18,21). The molecule has 1 unspecified atom stereocenters. The van der Waals surface area contributed by atoms with Crippen molar-refractivity contribution in [2.45, 2.75) is 25.9 Å². The van der Waals surface area contributed by atoms with Gasteiger partial charge in [-0.25, -0.2) is 0 Å². The SMILES string of the molecule is CC(C(=O)NCc1cc(Cl)c2c(c1)OCCCO2)n1cccn1. The van der Waals surface area contributed by atoms with Gasteiger partial charge in [0.15, 0.2) is 11.5 Å². The number of carbonyl (C=O) groups is 1. The van der Waals surface area contributed by atoms with Gasteiger partial charge >= 0.3 is 0 Å². The topological polar surface area (TPSA) is 65.4 Å². The number of amides is 1. The lowest BCUT2D eigenvalue weighted by Gasteiger charge is -2.14. The second kappa shape index (κ2) is 6.91. The van der Waals surface area contributed by atoms with Gasteiger partial charge in [0, 0.05) is 25.4 Å². The highest BCUT2D eigenvalue weighted by Crippen LogP contribution is 2.37. The van der Waals surface area contributed by atoms with E-state index in [2.05, 4.69) is 10.4 Å². The van der Waals surface area contributed by atoms with Gasteiger partial charge in [-0.2, -0.15) is 5.10 Å². The van der Waals surface area contributed by atoms with Crippen molar-refractivity contribution in [3.63, 3.8) is 0 Å². The van der Waals surface area contributed by atoms with E-state index in [-0.39, 0.29) is 11.9 Å². The van der Waals surface area contributed by atoms with Crippen LogP contribution in [-0.2, 0) is 11.3 Å². The van der Waals surface area contributed by atoms with Crippen molar-refractivity contribution < 1.29 is 14.3 Å². The summed E-state index contributed by atoms with van der Waals surface area (Å²) in [5.41, 5.74) is 0.861. The van der Waals surface area contributed by atoms with Crippen molar-refractivity contribution in [3.8, 4) is 11.5 Å². The van der Waals surface area contributed by atoms with E-state index in [4.69, 9.17) is 21.1 Å². The van der Waals surface area contributed by atoms with Gasteiger partial charge in [-0.3, -0.25) is 9.48 Å². The Morgan fingerprint density at radius 3 is 3.04 bits per heavy atom. The average Bonchev–Trinajstić information content (AvgIpc) is 2.97. The van der Waals surface area contributed by atoms with Gasteiger partial charge in [-0.1, -0.05) is 11.6 Å². The largest absolute Gasteiger partial charge is 0.489 e. The van der Waals surface area contributed by atoms with Gasteiger partial charge in [-0.05, 0) is 30.7 Å². The summed E-state index contributed by atoms with van der Waals surface area (Å²) < 4.78 is 12.8. The second-order valence-corrected chi connectivity index (χ2v) is 5.74. The molecule has 6 nitrogen and oxygen atoms in total. The molecule has 0 aliphatic carbocycles. The Balaban J connectivity index is 1.67. The number of halogens is 1. The molecule has 1 aromatic heterocycles. The predicted molar refractivity (Wildman–Crippen MR) is 85.8 cm³/mol. The minimum Gasteiger partial charge on any atom is -0.489 e. The number of rotatable bonds is 4. The average molecular weight is 336 g/mol. The number of aromatic nitrogens is 2. The minimum atomic E-state index is -0.374. The molecule has 3 rings (SSSR count). The Labute approximate surface area is 139 Å². The van der Waals surface area contributed by atoms with Gasteiger partial charge in [0.25, 0.3) is 0 Å². The lowest BCUT2D eigenvalue weighted by Crippen LogP contribution is -2.30. The zero-order chi connectivity index (χ0) is 16.2.